The second-order valence-electron chi connectivity index (χ2n) is 4.77. The maximum Gasteiger partial charge on any atom is 0.0911 e. The Morgan fingerprint density at radius 2 is 1.50 bits per heavy atom. The molecule has 2 nitrogen and oxygen atoms in total. The van der Waals surface area contributed by atoms with Gasteiger partial charge in [0.2, 0.25) is 0 Å². The molecule has 3 aromatic rings. The van der Waals surface area contributed by atoms with Crippen LogP contribution in [0.1, 0.15) is 11.1 Å². The molecule has 98 valence electrons. The molecule has 0 bridgehead atoms. The van der Waals surface area contributed by atoms with Gasteiger partial charge in [-0.3, -0.25) is 0 Å². The Balaban J connectivity index is 1.95. The first-order valence-corrected chi connectivity index (χ1v) is 6.61. The van der Waals surface area contributed by atoms with Crippen molar-refractivity contribution in [1.82, 2.24) is 0 Å². The molecule has 3 rings (SSSR count). The predicted octanol–water partition coefficient (Wildman–Crippen LogP) is 4.26. The van der Waals surface area contributed by atoms with E-state index in [4.69, 9.17) is 0 Å². The van der Waals surface area contributed by atoms with Gasteiger partial charge in [0, 0.05) is 12.0 Å². The summed E-state index contributed by atoms with van der Waals surface area (Å²) >= 11 is 0. The molecule has 0 saturated carbocycles. The van der Waals surface area contributed by atoms with Gasteiger partial charge in [-0.25, -0.2) is 0 Å². The lowest BCUT2D eigenvalue weighted by Gasteiger charge is -2.06. The average Bonchev–Trinajstić information content (AvgIpc) is 2.53. The zero-order chi connectivity index (χ0) is 13.8. The SMILES string of the molecule is ON=C(Cc1ccccc1)c1ccc2ccccc2c1. The number of nitrogens with zero attached hydrogens (tertiary/aromatic N) is 1. The average molecular weight is 261 g/mol. The molecule has 2 heteroatoms. The quantitative estimate of drug-likeness (QED) is 0.426. The van der Waals surface area contributed by atoms with Crippen LogP contribution in [0.5, 0.6) is 0 Å². The molecule has 0 spiro atoms. The van der Waals surface area contributed by atoms with Gasteiger partial charge < -0.3 is 5.21 Å². The van der Waals surface area contributed by atoms with E-state index in [1.54, 1.807) is 0 Å². The van der Waals surface area contributed by atoms with Crippen LogP contribution < -0.4 is 0 Å². The number of hydrogen-bond donors (Lipinski definition) is 1. The highest BCUT2D eigenvalue weighted by molar-refractivity contribution is 6.04. The van der Waals surface area contributed by atoms with Crippen molar-refractivity contribution in [3.05, 3.63) is 83.9 Å². The smallest absolute Gasteiger partial charge is 0.0911 e. The monoisotopic (exact) mass is 261 g/mol. The van der Waals surface area contributed by atoms with Gasteiger partial charge >= 0.3 is 0 Å². The second kappa shape index (κ2) is 5.57. The topological polar surface area (TPSA) is 32.6 Å². The largest absolute Gasteiger partial charge is 0.411 e. The summed E-state index contributed by atoms with van der Waals surface area (Å²) in [5.74, 6) is 0. The number of benzene rings is 3. The molecule has 0 radical (unpaired) electrons. The van der Waals surface area contributed by atoms with E-state index < -0.39 is 0 Å². The van der Waals surface area contributed by atoms with Crippen LogP contribution >= 0.6 is 0 Å². The second-order valence-corrected chi connectivity index (χ2v) is 4.77. The molecule has 0 aliphatic heterocycles. The van der Waals surface area contributed by atoms with Crippen molar-refractivity contribution in [2.24, 2.45) is 5.16 Å². The normalized spacial score (nSPS) is 11.7. The summed E-state index contributed by atoms with van der Waals surface area (Å²) in [5.41, 5.74) is 2.77. The summed E-state index contributed by atoms with van der Waals surface area (Å²) in [6, 6.07) is 24.3. The number of rotatable bonds is 3. The first-order chi connectivity index (χ1) is 9.86. The number of oxime groups is 1. The van der Waals surface area contributed by atoms with Gasteiger partial charge in [0.15, 0.2) is 0 Å². The van der Waals surface area contributed by atoms with Crippen LogP contribution in [0, 0.1) is 0 Å². The van der Waals surface area contributed by atoms with Crippen LogP contribution in [-0.4, -0.2) is 10.9 Å². The number of fused-ring (bicyclic) bond motifs is 1. The fourth-order valence-corrected chi connectivity index (χ4v) is 2.35. The molecule has 0 unspecified atom stereocenters. The van der Waals surface area contributed by atoms with Crippen LogP contribution in [0.25, 0.3) is 10.8 Å². The molecule has 20 heavy (non-hydrogen) atoms. The van der Waals surface area contributed by atoms with E-state index in [9.17, 15) is 5.21 Å². The van der Waals surface area contributed by atoms with Crippen molar-refractivity contribution >= 4 is 16.5 Å². The van der Waals surface area contributed by atoms with Crippen LogP contribution in [0.15, 0.2) is 78.0 Å². The summed E-state index contributed by atoms with van der Waals surface area (Å²) < 4.78 is 0. The Bertz CT molecular complexity index is 747. The minimum absolute atomic E-state index is 0.621. The molecule has 0 aromatic heterocycles. The summed E-state index contributed by atoms with van der Waals surface area (Å²) in [4.78, 5) is 0. The van der Waals surface area contributed by atoms with Gasteiger partial charge in [0.05, 0.1) is 5.71 Å². The highest BCUT2D eigenvalue weighted by atomic mass is 16.4. The molecule has 0 aliphatic carbocycles. The molecule has 1 N–H and O–H groups in total. The van der Waals surface area contributed by atoms with Crippen molar-refractivity contribution in [2.75, 3.05) is 0 Å². The predicted molar refractivity (Wildman–Crippen MR) is 82.4 cm³/mol. The van der Waals surface area contributed by atoms with Crippen LogP contribution in [0.3, 0.4) is 0 Å². The minimum Gasteiger partial charge on any atom is -0.411 e. The van der Waals surface area contributed by atoms with Gasteiger partial charge in [-0.05, 0) is 22.4 Å². The molecule has 0 atom stereocenters. The van der Waals surface area contributed by atoms with E-state index >= 15 is 0 Å². The van der Waals surface area contributed by atoms with Crippen molar-refractivity contribution in [3.63, 3.8) is 0 Å². The van der Waals surface area contributed by atoms with Gasteiger partial charge in [-0.1, -0.05) is 71.9 Å². The maximum atomic E-state index is 9.30. The van der Waals surface area contributed by atoms with E-state index in [-0.39, 0.29) is 0 Å². The molecular weight excluding hydrogens is 246 g/mol. The highest BCUT2D eigenvalue weighted by Crippen LogP contribution is 2.17. The van der Waals surface area contributed by atoms with E-state index in [0.717, 1.165) is 16.5 Å². The van der Waals surface area contributed by atoms with E-state index in [2.05, 4.69) is 29.4 Å². The van der Waals surface area contributed by atoms with Crippen LogP contribution in [0.4, 0.5) is 0 Å². The summed E-state index contributed by atoms with van der Waals surface area (Å²) in [7, 11) is 0. The number of hydrogen-bond acceptors (Lipinski definition) is 2. The third-order valence-electron chi connectivity index (χ3n) is 3.42. The molecule has 0 fully saturated rings. The van der Waals surface area contributed by atoms with Crippen LogP contribution in [-0.2, 0) is 6.42 Å². The molecule has 0 aliphatic rings. The first-order valence-electron chi connectivity index (χ1n) is 6.61. The van der Waals surface area contributed by atoms with Crippen LogP contribution in [0.2, 0.25) is 0 Å². The van der Waals surface area contributed by atoms with Crippen molar-refractivity contribution in [3.8, 4) is 0 Å². The lowest BCUT2D eigenvalue weighted by molar-refractivity contribution is 0.318. The van der Waals surface area contributed by atoms with Gasteiger partial charge in [0.1, 0.15) is 0 Å². The maximum absolute atomic E-state index is 9.30. The Kier molecular flexibility index (Phi) is 3.46. The third-order valence-corrected chi connectivity index (χ3v) is 3.42. The van der Waals surface area contributed by atoms with E-state index in [0.29, 0.717) is 12.1 Å². The van der Waals surface area contributed by atoms with Gasteiger partial charge in [-0.15, -0.1) is 0 Å². The minimum atomic E-state index is 0.621. The first kappa shape index (κ1) is 12.4. The Morgan fingerprint density at radius 3 is 2.25 bits per heavy atom. The van der Waals surface area contributed by atoms with E-state index in [1.807, 2.05) is 48.5 Å². The molecule has 0 amide bonds. The van der Waals surface area contributed by atoms with Crippen molar-refractivity contribution in [2.45, 2.75) is 6.42 Å². The fourth-order valence-electron chi connectivity index (χ4n) is 2.35. The summed E-state index contributed by atoms with van der Waals surface area (Å²) in [5, 5.41) is 15.1. The van der Waals surface area contributed by atoms with E-state index in [1.165, 1.54) is 5.39 Å². The van der Waals surface area contributed by atoms with Gasteiger partial charge in [0.25, 0.3) is 0 Å². The van der Waals surface area contributed by atoms with Gasteiger partial charge in [-0.2, -0.15) is 0 Å². The fraction of sp³-hybridized carbons (Fsp3) is 0.0556. The molecule has 0 saturated heterocycles. The zero-order valence-electron chi connectivity index (χ0n) is 11.0. The molecule has 3 aromatic carbocycles. The standard InChI is InChI=1S/C18H15NO/c20-19-18(12-14-6-2-1-3-7-14)17-11-10-15-8-4-5-9-16(15)13-17/h1-11,13,20H,12H2. The Morgan fingerprint density at radius 1 is 0.800 bits per heavy atom. The zero-order valence-corrected chi connectivity index (χ0v) is 11.0. The Hall–Kier alpha value is -2.61. The molecule has 0 heterocycles. The lowest BCUT2D eigenvalue weighted by atomic mass is 9.99. The lowest BCUT2D eigenvalue weighted by Crippen LogP contribution is -2.05. The molecular formula is C18H15NO. The Labute approximate surface area is 118 Å². The summed E-state index contributed by atoms with van der Waals surface area (Å²) in [6.07, 6.45) is 0.621. The highest BCUT2D eigenvalue weighted by Gasteiger charge is 2.06. The summed E-state index contributed by atoms with van der Waals surface area (Å²) in [6.45, 7) is 0. The van der Waals surface area contributed by atoms with Crippen molar-refractivity contribution in [1.29, 1.82) is 0 Å². The third kappa shape index (κ3) is 2.54. The van der Waals surface area contributed by atoms with Crippen molar-refractivity contribution < 1.29 is 5.21 Å².